The molecule has 0 aliphatic carbocycles. The molecule has 0 unspecified atom stereocenters. The van der Waals surface area contributed by atoms with E-state index in [-0.39, 0.29) is 5.91 Å². The molecule has 0 bridgehead atoms. The van der Waals surface area contributed by atoms with Gasteiger partial charge in [-0.05, 0) is 26.2 Å². The van der Waals surface area contributed by atoms with Crippen LogP contribution in [0.3, 0.4) is 0 Å². The summed E-state index contributed by atoms with van der Waals surface area (Å²) in [5, 5.41) is 3.52. The summed E-state index contributed by atoms with van der Waals surface area (Å²) < 4.78 is 0. The molecule has 118 valence electrons. The number of carbonyl (C=O) groups is 1. The first-order chi connectivity index (χ1) is 10.5. The maximum absolute atomic E-state index is 12.2. The van der Waals surface area contributed by atoms with Crippen LogP contribution in [0.25, 0.3) is 10.6 Å². The van der Waals surface area contributed by atoms with Crippen molar-refractivity contribution in [3.05, 3.63) is 40.4 Å². The Labute approximate surface area is 140 Å². The number of aromatic nitrogens is 1. The monoisotopic (exact) mass is 337 g/mol. The topological polar surface area (TPSA) is 36.4 Å². The largest absolute Gasteiger partial charge is 0.344 e. The van der Waals surface area contributed by atoms with Gasteiger partial charge >= 0.3 is 0 Å². The Morgan fingerprint density at radius 3 is 2.73 bits per heavy atom. The zero-order chi connectivity index (χ0) is 16.1. The van der Waals surface area contributed by atoms with Crippen LogP contribution in [-0.4, -0.2) is 54.9 Å². The number of rotatable bonds is 6. The van der Waals surface area contributed by atoms with Gasteiger partial charge in [-0.25, -0.2) is 4.98 Å². The smallest absolute Gasteiger partial charge is 0.228 e. The van der Waals surface area contributed by atoms with Crippen LogP contribution in [-0.2, 0) is 11.2 Å². The normalized spacial score (nSPS) is 11.0. The maximum atomic E-state index is 12.2. The van der Waals surface area contributed by atoms with E-state index in [1.165, 1.54) is 11.3 Å². The summed E-state index contributed by atoms with van der Waals surface area (Å²) >= 11 is 7.53. The summed E-state index contributed by atoms with van der Waals surface area (Å²) in [6.07, 6.45) is 0.334. The number of thiazole rings is 1. The van der Waals surface area contributed by atoms with Crippen molar-refractivity contribution < 1.29 is 4.79 Å². The minimum atomic E-state index is 0.0878. The lowest BCUT2D eigenvalue weighted by Crippen LogP contribution is -2.34. The Kier molecular flexibility index (Phi) is 5.94. The molecule has 0 aliphatic heterocycles. The zero-order valence-electron chi connectivity index (χ0n) is 13.0. The molecule has 1 heterocycles. The van der Waals surface area contributed by atoms with Gasteiger partial charge in [-0.2, -0.15) is 0 Å². The number of nitrogens with zero attached hydrogens (tertiary/aromatic N) is 3. The number of hydrogen-bond donors (Lipinski definition) is 0. The summed E-state index contributed by atoms with van der Waals surface area (Å²) in [6.45, 7) is 1.57. The summed E-state index contributed by atoms with van der Waals surface area (Å²) in [4.78, 5) is 20.5. The minimum absolute atomic E-state index is 0.0878. The molecule has 22 heavy (non-hydrogen) atoms. The second-order valence-corrected chi connectivity index (χ2v) is 6.74. The van der Waals surface area contributed by atoms with Crippen molar-refractivity contribution in [2.45, 2.75) is 6.42 Å². The van der Waals surface area contributed by atoms with Crippen LogP contribution in [0.1, 0.15) is 5.69 Å². The predicted molar refractivity (Wildman–Crippen MR) is 92.5 cm³/mol. The van der Waals surface area contributed by atoms with E-state index in [0.717, 1.165) is 29.4 Å². The SMILES string of the molecule is CN(C)CCN(C)C(=O)Cc1csc(-c2cccc(Cl)c2)n1. The summed E-state index contributed by atoms with van der Waals surface area (Å²) in [6, 6.07) is 7.59. The van der Waals surface area contributed by atoms with E-state index in [9.17, 15) is 4.79 Å². The Morgan fingerprint density at radius 1 is 1.27 bits per heavy atom. The molecule has 1 aromatic carbocycles. The summed E-state index contributed by atoms with van der Waals surface area (Å²) in [5.41, 5.74) is 1.79. The standard InChI is InChI=1S/C16H20ClN3OS/c1-19(2)7-8-20(3)15(21)10-14-11-22-16(18-14)12-5-4-6-13(17)9-12/h4-6,9,11H,7-8,10H2,1-3H3. The molecule has 0 spiro atoms. The molecule has 2 aromatic rings. The number of hydrogen-bond acceptors (Lipinski definition) is 4. The highest BCUT2D eigenvalue weighted by Gasteiger charge is 2.13. The molecule has 2 rings (SSSR count). The second kappa shape index (κ2) is 7.72. The fourth-order valence-electron chi connectivity index (χ4n) is 1.91. The lowest BCUT2D eigenvalue weighted by atomic mass is 10.2. The average Bonchev–Trinajstić information content (AvgIpc) is 2.93. The Hall–Kier alpha value is -1.43. The summed E-state index contributed by atoms with van der Waals surface area (Å²) in [5.74, 6) is 0.0878. The van der Waals surface area contributed by atoms with Crippen LogP contribution in [0.4, 0.5) is 0 Å². The molecule has 1 aromatic heterocycles. The first-order valence-corrected chi connectivity index (χ1v) is 8.30. The van der Waals surface area contributed by atoms with E-state index in [1.54, 1.807) is 4.90 Å². The van der Waals surface area contributed by atoms with Crippen LogP contribution >= 0.6 is 22.9 Å². The fraction of sp³-hybridized carbons (Fsp3) is 0.375. The van der Waals surface area contributed by atoms with E-state index in [2.05, 4.69) is 9.88 Å². The lowest BCUT2D eigenvalue weighted by Gasteiger charge is -2.19. The molecule has 1 amide bonds. The quantitative estimate of drug-likeness (QED) is 0.813. The van der Waals surface area contributed by atoms with Gasteiger partial charge in [-0.3, -0.25) is 4.79 Å². The van der Waals surface area contributed by atoms with Crippen molar-refractivity contribution in [2.24, 2.45) is 0 Å². The van der Waals surface area contributed by atoms with E-state index >= 15 is 0 Å². The zero-order valence-corrected chi connectivity index (χ0v) is 14.6. The van der Waals surface area contributed by atoms with Crippen LogP contribution in [0.15, 0.2) is 29.6 Å². The Balaban J connectivity index is 1.98. The maximum Gasteiger partial charge on any atom is 0.228 e. The van der Waals surface area contributed by atoms with Gasteiger partial charge in [-0.15, -0.1) is 11.3 Å². The van der Waals surface area contributed by atoms with Crippen LogP contribution < -0.4 is 0 Å². The molecule has 0 fully saturated rings. The van der Waals surface area contributed by atoms with Gasteiger partial charge in [0.2, 0.25) is 5.91 Å². The molecule has 4 nitrogen and oxygen atoms in total. The molecule has 0 saturated carbocycles. The average molecular weight is 338 g/mol. The Bertz CT molecular complexity index is 642. The van der Waals surface area contributed by atoms with Gasteiger partial charge < -0.3 is 9.80 Å². The highest BCUT2D eigenvalue weighted by molar-refractivity contribution is 7.13. The highest BCUT2D eigenvalue weighted by Crippen LogP contribution is 2.26. The number of halogens is 1. The number of amides is 1. The molecule has 0 saturated heterocycles. The molecule has 0 radical (unpaired) electrons. The van der Waals surface area contributed by atoms with Crippen molar-refractivity contribution in [3.8, 4) is 10.6 Å². The van der Waals surface area contributed by atoms with Gasteiger partial charge in [0.15, 0.2) is 0 Å². The number of likely N-dealkylation sites (N-methyl/N-ethyl adjacent to an activating group) is 2. The van der Waals surface area contributed by atoms with Gasteiger partial charge in [0, 0.05) is 36.1 Å². The van der Waals surface area contributed by atoms with Gasteiger partial charge in [0.05, 0.1) is 12.1 Å². The van der Waals surface area contributed by atoms with E-state index in [4.69, 9.17) is 11.6 Å². The molecular formula is C16H20ClN3OS. The van der Waals surface area contributed by atoms with Crippen LogP contribution in [0, 0.1) is 0 Å². The number of benzene rings is 1. The van der Waals surface area contributed by atoms with E-state index in [1.807, 2.05) is 50.8 Å². The first kappa shape index (κ1) is 16.9. The number of carbonyl (C=O) groups excluding carboxylic acids is 1. The van der Waals surface area contributed by atoms with E-state index in [0.29, 0.717) is 11.4 Å². The van der Waals surface area contributed by atoms with Crippen molar-refractivity contribution in [3.63, 3.8) is 0 Å². The molecule has 6 heteroatoms. The second-order valence-electron chi connectivity index (χ2n) is 5.45. The molecule has 0 aliphatic rings. The molecular weight excluding hydrogens is 318 g/mol. The van der Waals surface area contributed by atoms with Gasteiger partial charge in [0.25, 0.3) is 0 Å². The highest BCUT2D eigenvalue weighted by atomic mass is 35.5. The molecule has 0 atom stereocenters. The lowest BCUT2D eigenvalue weighted by molar-refractivity contribution is -0.129. The van der Waals surface area contributed by atoms with Crippen molar-refractivity contribution >= 4 is 28.8 Å². The van der Waals surface area contributed by atoms with E-state index < -0.39 is 0 Å². The molecule has 0 N–H and O–H groups in total. The third-order valence-electron chi connectivity index (χ3n) is 3.26. The Morgan fingerprint density at radius 2 is 2.05 bits per heavy atom. The van der Waals surface area contributed by atoms with Crippen molar-refractivity contribution in [2.75, 3.05) is 34.2 Å². The van der Waals surface area contributed by atoms with Crippen LogP contribution in [0.2, 0.25) is 5.02 Å². The fourth-order valence-corrected chi connectivity index (χ4v) is 2.91. The van der Waals surface area contributed by atoms with Crippen molar-refractivity contribution in [1.29, 1.82) is 0 Å². The van der Waals surface area contributed by atoms with Gasteiger partial charge in [-0.1, -0.05) is 23.7 Å². The van der Waals surface area contributed by atoms with Gasteiger partial charge in [0.1, 0.15) is 5.01 Å². The summed E-state index contributed by atoms with van der Waals surface area (Å²) in [7, 11) is 5.82. The van der Waals surface area contributed by atoms with Crippen LogP contribution in [0.5, 0.6) is 0 Å². The third-order valence-corrected chi connectivity index (χ3v) is 4.44. The van der Waals surface area contributed by atoms with Crippen molar-refractivity contribution in [1.82, 2.24) is 14.8 Å². The minimum Gasteiger partial charge on any atom is -0.344 e. The predicted octanol–water partition coefficient (Wildman–Crippen LogP) is 3.03. The first-order valence-electron chi connectivity index (χ1n) is 7.04. The third kappa shape index (κ3) is 4.80.